The quantitative estimate of drug-likeness (QED) is 0.780. The molecule has 0 aliphatic carbocycles. The first-order chi connectivity index (χ1) is 9.10. The third kappa shape index (κ3) is 4.71. The maximum absolute atomic E-state index is 11.3. The van der Waals surface area contributed by atoms with Gasteiger partial charge in [0, 0.05) is 13.6 Å². The van der Waals surface area contributed by atoms with Gasteiger partial charge in [-0.1, -0.05) is 19.1 Å². The summed E-state index contributed by atoms with van der Waals surface area (Å²) >= 11 is 0. The highest BCUT2D eigenvalue weighted by Crippen LogP contribution is 2.08. The predicted octanol–water partition coefficient (Wildman–Crippen LogP) is 1.04. The average molecular weight is 264 g/mol. The molecule has 0 spiro atoms. The van der Waals surface area contributed by atoms with Crippen LogP contribution in [0.1, 0.15) is 22.8 Å². The lowest BCUT2D eigenvalue weighted by Gasteiger charge is -2.19. The second-order valence-electron chi connectivity index (χ2n) is 4.16. The van der Waals surface area contributed by atoms with Crippen molar-refractivity contribution in [3.8, 4) is 0 Å². The molecule has 0 atom stereocenters. The highest BCUT2D eigenvalue weighted by Gasteiger charge is 2.09. The number of methoxy groups -OCH3 is 1. The monoisotopic (exact) mass is 264 g/mol. The van der Waals surface area contributed by atoms with Crippen LogP contribution in [-0.2, 0) is 16.1 Å². The minimum atomic E-state index is -0.343. The largest absolute Gasteiger partial charge is 0.465 e. The summed E-state index contributed by atoms with van der Waals surface area (Å²) < 4.78 is 4.64. The summed E-state index contributed by atoms with van der Waals surface area (Å²) in [5.41, 5.74) is 1.58. The normalized spacial score (nSPS) is 10.3. The number of esters is 1. The zero-order chi connectivity index (χ0) is 14.3. The Kier molecular flexibility index (Phi) is 6.02. The number of likely N-dealkylation sites (N-methyl/N-ethyl adjacent to an activating group) is 2. The molecule has 0 aromatic heterocycles. The van der Waals surface area contributed by atoms with Gasteiger partial charge in [0.1, 0.15) is 0 Å². The summed E-state index contributed by atoms with van der Waals surface area (Å²) in [7, 11) is 2.99. The molecule has 104 valence electrons. The van der Waals surface area contributed by atoms with Gasteiger partial charge in [0.05, 0.1) is 19.2 Å². The second kappa shape index (κ2) is 7.53. The van der Waals surface area contributed by atoms with Crippen molar-refractivity contribution < 1.29 is 14.3 Å². The Morgan fingerprint density at radius 1 is 1.26 bits per heavy atom. The van der Waals surface area contributed by atoms with Gasteiger partial charge in [-0.15, -0.1) is 0 Å². The summed E-state index contributed by atoms with van der Waals surface area (Å²) in [5, 5.41) is 2.61. The van der Waals surface area contributed by atoms with E-state index in [9.17, 15) is 9.59 Å². The van der Waals surface area contributed by atoms with Crippen LogP contribution in [0.4, 0.5) is 0 Å². The Hall–Kier alpha value is -1.88. The molecule has 0 fully saturated rings. The molecule has 0 saturated carbocycles. The molecule has 0 radical (unpaired) electrons. The summed E-state index contributed by atoms with van der Waals surface area (Å²) in [4.78, 5) is 24.7. The molecule has 0 saturated heterocycles. The molecule has 19 heavy (non-hydrogen) atoms. The van der Waals surface area contributed by atoms with E-state index in [4.69, 9.17) is 0 Å². The predicted molar refractivity (Wildman–Crippen MR) is 72.8 cm³/mol. The Morgan fingerprint density at radius 2 is 1.89 bits per heavy atom. The van der Waals surface area contributed by atoms with Crippen LogP contribution in [-0.4, -0.2) is 44.0 Å². The first kappa shape index (κ1) is 15.2. The molecule has 0 heterocycles. The van der Waals surface area contributed by atoms with Crippen molar-refractivity contribution in [2.45, 2.75) is 13.5 Å². The molecular weight excluding hydrogens is 244 g/mol. The maximum atomic E-state index is 11.3. The van der Waals surface area contributed by atoms with E-state index in [0.29, 0.717) is 18.7 Å². The molecule has 0 bridgehead atoms. The lowest BCUT2D eigenvalue weighted by Crippen LogP contribution is -2.35. The van der Waals surface area contributed by atoms with Crippen LogP contribution in [0, 0.1) is 0 Å². The van der Waals surface area contributed by atoms with Crippen molar-refractivity contribution in [3.63, 3.8) is 0 Å². The number of amides is 1. The van der Waals surface area contributed by atoms with Crippen molar-refractivity contribution >= 4 is 11.9 Å². The number of hydrogen-bond acceptors (Lipinski definition) is 4. The number of nitrogens with one attached hydrogen (secondary N) is 1. The first-order valence-corrected chi connectivity index (χ1v) is 6.20. The lowest BCUT2D eigenvalue weighted by molar-refractivity contribution is -0.121. The molecule has 1 rings (SSSR count). The Bertz CT molecular complexity index is 429. The van der Waals surface area contributed by atoms with Gasteiger partial charge in [-0.25, -0.2) is 4.79 Å². The van der Waals surface area contributed by atoms with Crippen LogP contribution < -0.4 is 5.32 Å². The van der Waals surface area contributed by atoms with E-state index in [1.165, 1.54) is 7.11 Å². The van der Waals surface area contributed by atoms with Crippen molar-refractivity contribution in [2.24, 2.45) is 0 Å². The van der Waals surface area contributed by atoms with Gasteiger partial charge in [0.2, 0.25) is 5.91 Å². The van der Waals surface area contributed by atoms with Gasteiger partial charge in [-0.05, 0) is 24.2 Å². The SMILES string of the molecule is CCN(CC(=O)NC)Cc1ccc(C(=O)OC)cc1. The smallest absolute Gasteiger partial charge is 0.337 e. The van der Waals surface area contributed by atoms with Crippen molar-refractivity contribution in [2.75, 3.05) is 27.2 Å². The minimum Gasteiger partial charge on any atom is -0.465 e. The van der Waals surface area contributed by atoms with E-state index >= 15 is 0 Å². The van der Waals surface area contributed by atoms with Gasteiger partial charge in [-0.2, -0.15) is 0 Å². The lowest BCUT2D eigenvalue weighted by atomic mass is 10.1. The molecule has 0 unspecified atom stereocenters. The Labute approximate surface area is 113 Å². The Balaban J connectivity index is 2.65. The van der Waals surface area contributed by atoms with Crippen molar-refractivity contribution in [1.29, 1.82) is 0 Å². The van der Waals surface area contributed by atoms with Crippen LogP contribution >= 0.6 is 0 Å². The van der Waals surface area contributed by atoms with E-state index in [0.717, 1.165) is 12.1 Å². The number of ether oxygens (including phenoxy) is 1. The molecule has 5 nitrogen and oxygen atoms in total. The highest BCUT2D eigenvalue weighted by molar-refractivity contribution is 5.89. The molecule has 1 amide bonds. The van der Waals surface area contributed by atoms with Crippen LogP contribution in [0.15, 0.2) is 24.3 Å². The Morgan fingerprint density at radius 3 is 2.37 bits per heavy atom. The summed E-state index contributed by atoms with van der Waals surface area (Å²) in [6, 6.07) is 7.21. The summed E-state index contributed by atoms with van der Waals surface area (Å²) in [6.45, 7) is 3.83. The van der Waals surface area contributed by atoms with Gasteiger partial charge in [0.25, 0.3) is 0 Å². The minimum absolute atomic E-state index is 0.00645. The topological polar surface area (TPSA) is 58.6 Å². The van der Waals surface area contributed by atoms with E-state index in [2.05, 4.69) is 10.1 Å². The number of nitrogens with zero attached hydrogens (tertiary/aromatic N) is 1. The number of carbonyl (C=O) groups excluding carboxylic acids is 2. The molecule has 1 N–H and O–H groups in total. The summed E-state index contributed by atoms with van der Waals surface area (Å²) in [6.07, 6.45) is 0. The third-order valence-electron chi connectivity index (χ3n) is 2.87. The van der Waals surface area contributed by atoms with Crippen LogP contribution in [0.5, 0.6) is 0 Å². The maximum Gasteiger partial charge on any atom is 0.337 e. The fourth-order valence-corrected chi connectivity index (χ4v) is 1.68. The van der Waals surface area contributed by atoms with Gasteiger partial charge in [0.15, 0.2) is 0 Å². The van der Waals surface area contributed by atoms with Crippen molar-refractivity contribution in [1.82, 2.24) is 10.2 Å². The zero-order valence-electron chi connectivity index (χ0n) is 11.6. The van der Waals surface area contributed by atoms with Crippen LogP contribution in [0.2, 0.25) is 0 Å². The van der Waals surface area contributed by atoms with Crippen LogP contribution in [0.3, 0.4) is 0 Å². The van der Waals surface area contributed by atoms with E-state index in [1.54, 1.807) is 19.2 Å². The number of hydrogen-bond donors (Lipinski definition) is 1. The van der Waals surface area contributed by atoms with Gasteiger partial charge >= 0.3 is 5.97 Å². The summed E-state index contributed by atoms with van der Waals surface area (Å²) in [5.74, 6) is -0.350. The average Bonchev–Trinajstić information content (AvgIpc) is 2.46. The fourth-order valence-electron chi connectivity index (χ4n) is 1.68. The zero-order valence-corrected chi connectivity index (χ0v) is 11.6. The number of carbonyl (C=O) groups is 2. The van der Waals surface area contributed by atoms with Crippen molar-refractivity contribution in [3.05, 3.63) is 35.4 Å². The molecule has 1 aromatic carbocycles. The second-order valence-corrected chi connectivity index (χ2v) is 4.16. The molecule has 0 aliphatic rings. The van der Waals surface area contributed by atoms with E-state index in [1.807, 2.05) is 24.0 Å². The number of rotatable bonds is 6. The van der Waals surface area contributed by atoms with Gasteiger partial charge in [-0.3, -0.25) is 9.69 Å². The first-order valence-electron chi connectivity index (χ1n) is 6.20. The fraction of sp³-hybridized carbons (Fsp3) is 0.429. The highest BCUT2D eigenvalue weighted by atomic mass is 16.5. The van der Waals surface area contributed by atoms with E-state index < -0.39 is 0 Å². The molecule has 0 aliphatic heterocycles. The molecular formula is C14H20N2O3. The third-order valence-corrected chi connectivity index (χ3v) is 2.87. The number of benzene rings is 1. The molecule has 1 aromatic rings. The van der Waals surface area contributed by atoms with Crippen LogP contribution in [0.25, 0.3) is 0 Å². The van der Waals surface area contributed by atoms with Gasteiger partial charge < -0.3 is 10.1 Å². The van der Waals surface area contributed by atoms with E-state index in [-0.39, 0.29) is 11.9 Å². The molecule has 5 heteroatoms. The standard InChI is InChI=1S/C14H20N2O3/c1-4-16(10-13(17)15-2)9-11-5-7-12(8-6-11)14(18)19-3/h5-8H,4,9-10H2,1-3H3,(H,15,17).